The fraction of sp³-hybridized carbons (Fsp3) is 0.800. The van der Waals surface area contributed by atoms with Crippen molar-refractivity contribution in [2.24, 2.45) is 17.6 Å². The van der Waals surface area contributed by atoms with Crippen LogP contribution in [0.4, 0.5) is 4.79 Å². The molecule has 0 aromatic carbocycles. The molecule has 2 saturated heterocycles. The van der Waals surface area contributed by atoms with Gasteiger partial charge >= 0.3 is 6.03 Å². The predicted octanol–water partition coefficient (Wildman–Crippen LogP) is -0.0958. The Morgan fingerprint density at radius 2 is 1.91 bits per heavy atom. The van der Waals surface area contributed by atoms with Gasteiger partial charge in [0, 0.05) is 13.1 Å². The molecule has 7 heteroatoms. The third-order valence-corrected chi connectivity index (χ3v) is 5.29. The van der Waals surface area contributed by atoms with Crippen molar-refractivity contribution in [2.45, 2.75) is 38.1 Å². The number of nitrogens with zero attached hydrogens (tertiary/aromatic N) is 2. The fourth-order valence-corrected chi connectivity index (χ4v) is 3.45. The molecule has 3 N–H and O–H groups in total. The highest BCUT2D eigenvalue weighted by Crippen LogP contribution is 2.42. The summed E-state index contributed by atoms with van der Waals surface area (Å²) in [4.78, 5) is 39.7. The first-order chi connectivity index (χ1) is 10.5. The molecule has 2 heterocycles. The average Bonchev–Trinajstić information content (AvgIpc) is 3.33. The predicted molar refractivity (Wildman–Crippen MR) is 79.7 cm³/mol. The molecule has 1 aliphatic carbocycles. The maximum Gasteiger partial charge on any atom is 0.325 e. The molecule has 1 unspecified atom stereocenters. The summed E-state index contributed by atoms with van der Waals surface area (Å²) in [7, 11) is 0. The molecule has 0 spiro atoms. The van der Waals surface area contributed by atoms with Gasteiger partial charge in [-0.3, -0.25) is 14.5 Å². The summed E-state index contributed by atoms with van der Waals surface area (Å²) in [6.07, 6.45) is 3.69. The van der Waals surface area contributed by atoms with Gasteiger partial charge in [-0.25, -0.2) is 4.79 Å². The molecule has 4 amide bonds. The van der Waals surface area contributed by atoms with Crippen molar-refractivity contribution < 1.29 is 14.4 Å². The molecule has 2 aliphatic heterocycles. The molecule has 22 heavy (non-hydrogen) atoms. The van der Waals surface area contributed by atoms with Gasteiger partial charge < -0.3 is 16.0 Å². The van der Waals surface area contributed by atoms with Crippen molar-refractivity contribution >= 4 is 17.8 Å². The summed E-state index contributed by atoms with van der Waals surface area (Å²) in [6, 6.07) is -0.440. The normalized spacial score (nSPS) is 29.9. The number of nitrogens with two attached hydrogens (primary N) is 1. The molecule has 0 bridgehead atoms. The summed E-state index contributed by atoms with van der Waals surface area (Å²) in [6.45, 7) is 3.58. The van der Waals surface area contributed by atoms with Crippen LogP contribution >= 0.6 is 0 Å². The van der Waals surface area contributed by atoms with Crippen LogP contribution in [0.25, 0.3) is 0 Å². The average molecular weight is 308 g/mol. The number of hydrogen-bond donors (Lipinski definition) is 2. The highest BCUT2D eigenvalue weighted by atomic mass is 16.2. The molecule has 3 aliphatic rings. The lowest BCUT2D eigenvalue weighted by molar-refractivity contribution is -0.139. The molecular weight excluding hydrogens is 284 g/mol. The molecular formula is C15H24N4O3. The minimum absolute atomic E-state index is 0.153. The van der Waals surface area contributed by atoms with Crippen LogP contribution < -0.4 is 11.1 Å². The number of likely N-dealkylation sites (tertiary alicyclic amines) is 1. The minimum atomic E-state index is -0.816. The fourth-order valence-electron chi connectivity index (χ4n) is 3.45. The largest absolute Gasteiger partial charge is 0.341 e. The van der Waals surface area contributed by atoms with E-state index in [0.717, 1.165) is 30.6 Å². The molecule has 1 saturated carbocycles. The molecule has 3 rings (SSSR count). The van der Waals surface area contributed by atoms with E-state index in [1.165, 1.54) is 0 Å². The van der Waals surface area contributed by atoms with E-state index < -0.39 is 11.6 Å². The Labute approximate surface area is 130 Å². The molecule has 0 aromatic rings. The zero-order valence-electron chi connectivity index (χ0n) is 13.0. The second-order valence-corrected chi connectivity index (χ2v) is 6.86. The van der Waals surface area contributed by atoms with Gasteiger partial charge in [-0.15, -0.1) is 0 Å². The standard InChI is InChI=1S/C15H24N4O3/c1-15(11-2-3-11)13(21)19(14(22)17-15)9-12(20)18-6-4-10(8-16)5-7-18/h10-11H,2-9,16H2,1H3,(H,17,22). The van der Waals surface area contributed by atoms with Gasteiger partial charge in [0.2, 0.25) is 5.91 Å². The summed E-state index contributed by atoms with van der Waals surface area (Å²) in [5.74, 6) is 0.271. The highest BCUT2D eigenvalue weighted by Gasteiger charge is 2.56. The van der Waals surface area contributed by atoms with E-state index >= 15 is 0 Å². The van der Waals surface area contributed by atoms with Crippen molar-refractivity contribution in [3.63, 3.8) is 0 Å². The van der Waals surface area contributed by atoms with Gasteiger partial charge in [0.25, 0.3) is 5.91 Å². The summed E-state index contributed by atoms with van der Waals surface area (Å²) in [5.41, 5.74) is 4.83. The van der Waals surface area contributed by atoms with Crippen LogP contribution in [0.3, 0.4) is 0 Å². The van der Waals surface area contributed by atoms with Crippen LogP contribution in [-0.4, -0.2) is 59.4 Å². The van der Waals surface area contributed by atoms with Crippen LogP contribution in [0.2, 0.25) is 0 Å². The van der Waals surface area contributed by atoms with E-state index in [9.17, 15) is 14.4 Å². The lowest BCUT2D eigenvalue weighted by Gasteiger charge is -2.32. The van der Waals surface area contributed by atoms with E-state index in [0.29, 0.717) is 25.6 Å². The molecule has 1 atom stereocenters. The van der Waals surface area contributed by atoms with Gasteiger partial charge in [0.1, 0.15) is 12.1 Å². The van der Waals surface area contributed by atoms with Gasteiger partial charge in [-0.2, -0.15) is 0 Å². The second kappa shape index (κ2) is 5.53. The topological polar surface area (TPSA) is 95.7 Å². The van der Waals surface area contributed by atoms with Crippen LogP contribution in [0, 0.1) is 11.8 Å². The van der Waals surface area contributed by atoms with Gasteiger partial charge in [-0.05, 0) is 51.0 Å². The Morgan fingerprint density at radius 3 is 2.45 bits per heavy atom. The van der Waals surface area contributed by atoms with Crippen LogP contribution in [0.1, 0.15) is 32.6 Å². The number of carbonyl (C=O) groups is 3. The number of hydrogen-bond acceptors (Lipinski definition) is 4. The maximum atomic E-state index is 12.5. The number of rotatable bonds is 4. The van der Waals surface area contributed by atoms with Crippen LogP contribution in [-0.2, 0) is 9.59 Å². The molecule has 3 fully saturated rings. The van der Waals surface area contributed by atoms with Crippen LogP contribution in [0.15, 0.2) is 0 Å². The van der Waals surface area contributed by atoms with Crippen molar-refractivity contribution in [1.82, 2.24) is 15.1 Å². The molecule has 0 aromatic heterocycles. The molecule has 0 radical (unpaired) electrons. The van der Waals surface area contributed by atoms with Gasteiger partial charge in [0.15, 0.2) is 0 Å². The van der Waals surface area contributed by atoms with Gasteiger partial charge in [0.05, 0.1) is 0 Å². The lowest BCUT2D eigenvalue weighted by atomic mass is 9.96. The Balaban J connectivity index is 1.60. The van der Waals surface area contributed by atoms with E-state index in [1.807, 2.05) is 0 Å². The third-order valence-electron chi connectivity index (χ3n) is 5.29. The first kappa shape index (κ1) is 15.3. The smallest absolute Gasteiger partial charge is 0.325 e. The molecule has 7 nitrogen and oxygen atoms in total. The first-order valence-electron chi connectivity index (χ1n) is 8.07. The van der Waals surface area contributed by atoms with E-state index in [1.54, 1.807) is 11.8 Å². The van der Waals surface area contributed by atoms with Crippen molar-refractivity contribution in [2.75, 3.05) is 26.2 Å². The quantitative estimate of drug-likeness (QED) is 0.709. The summed E-state index contributed by atoms with van der Waals surface area (Å²) in [5, 5.41) is 2.77. The van der Waals surface area contributed by atoms with Crippen molar-refractivity contribution in [1.29, 1.82) is 0 Å². The summed E-state index contributed by atoms with van der Waals surface area (Å²) >= 11 is 0. The maximum absolute atomic E-state index is 12.5. The Hall–Kier alpha value is -1.63. The first-order valence-corrected chi connectivity index (χ1v) is 8.07. The number of piperidine rings is 1. The van der Waals surface area contributed by atoms with Crippen LogP contribution in [0.5, 0.6) is 0 Å². The highest BCUT2D eigenvalue weighted by molar-refractivity contribution is 6.09. The van der Waals surface area contributed by atoms with E-state index in [4.69, 9.17) is 5.73 Å². The zero-order valence-corrected chi connectivity index (χ0v) is 13.0. The van der Waals surface area contributed by atoms with Gasteiger partial charge in [-0.1, -0.05) is 0 Å². The summed E-state index contributed by atoms with van der Waals surface area (Å²) < 4.78 is 0. The number of urea groups is 1. The minimum Gasteiger partial charge on any atom is -0.341 e. The van der Waals surface area contributed by atoms with Crippen molar-refractivity contribution in [3.05, 3.63) is 0 Å². The Bertz CT molecular complexity index is 497. The second-order valence-electron chi connectivity index (χ2n) is 6.86. The van der Waals surface area contributed by atoms with Crippen molar-refractivity contribution in [3.8, 4) is 0 Å². The number of carbonyl (C=O) groups excluding carboxylic acids is 3. The third kappa shape index (κ3) is 2.58. The SMILES string of the molecule is CC1(C2CC2)NC(=O)N(CC(=O)N2CCC(CN)CC2)C1=O. The number of amides is 4. The Morgan fingerprint density at radius 1 is 1.27 bits per heavy atom. The van der Waals surface area contributed by atoms with E-state index in [2.05, 4.69) is 5.32 Å². The number of imide groups is 1. The number of nitrogens with one attached hydrogen (secondary N) is 1. The monoisotopic (exact) mass is 308 g/mol. The Kier molecular flexibility index (Phi) is 3.84. The zero-order chi connectivity index (χ0) is 15.9. The van der Waals surface area contributed by atoms with E-state index in [-0.39, 0.29) is 24.3 Å². The molecule has 122 valence electrons. The lowest BCUT2D eigenvalue weighted by Crippen LogP contribution is -2.48.